The van der Waals surface area contributed by atoms with Crippen LogP contribution in [0.15, 0.2) is 52.2 Å². The SMILES string of the molecule is CCN1C(O[C@H](C)c2ccc(CO[Si](C)(C)C(C)(C)C)cc2Cl)=C(C(=O)O)SC1c1cnc2cnc(Br)cn12. The van der Waals surface area contributed by atoms with Gasteiger partial charge in [0.1, 0.15) is 16.1 Å². The van der Waals surface area contributed by atoms with Crippen molar-refractivity contribution in [1.29, 1.82) is 0 Å². The van der Waals surface area contributed by atoms with Crippen LogP contribution in [0.25, 0.3) is 5.65 Å². The Kier molecular flexibility index (Phi) is 8.78. The Morgan fingerprint density at radius 2 is 2.00 bits per heavy atom. The summed E-state index contributed by atoms with van der Waals surface area (Å²) >= 11 is 11.4. The van der Waals surface area contributed by atoms with Crippen molar-refractivity contribution in [2.45, 2.75) is 70.8 Å². The van der Waals surface area contributed by atoms with Crippen LogP contribution in [0.2, 0.25) is 23.2 Å². The van der Waals surface area contributed by atoms with Crippen molar-refractivity contribution < 1.29 is 19.1 Å². The first-order valence-corrected chi connectivity index (χ1v) is 17.7. The molecule has 1 N–H and O–H groups in total. The van der Waals surface area contributed by atoms with Crippen molar-refractivity contribution >= 4 is 59.2 Å². The number of aliphatic carboxylic acids is 1. The number of hydrogen-bond acceptors (Lipinski definition) is 7. The molecule has 0 radical (unpaired) electrons. The molecule has 0 spiro atoms. The molecule has 2 atom stereocenters. The van der Waals surface area contributed by atoms with Crippen LogP contribution in [0.5, 0.6) is 0 Å². The predicted molar refractivity (Wildman–Crippen MR) is 161 cm³/mol. The van der Waals surface area contributed by atoms with Crippen LogP contribution in [-0.2, 0) is 20.6 Å². The Morgan fingerprint density at radius 1 is 1.28 bits per heavy atom. The number of benzene rings is 1. The molecule has 2 aromatic heterocycles. The summed E-state index contributed by atoms with van der Waals surface area (Å²) in [5.74, 6) is -0.721. The smallest absolute Gasteiger partial charge is 0.347 e. The second kappa shape index (κ2) is 11.4. The van der Waals surface area contributed by atoms with Crippen molar-refractivity contribution in [3.8, 4) is 0 Å². The van der Waals surface area contributed by atoms with E-state index in [1.165, 1.54) is 11.8 Å². The van der Waals surface area contributed by atoms with Gasteiger partial charge in [0.2, 0.25) is 5.88 Å². The molecule has 12 heteroatoms. The van der Waals surface area contributed by atoms with Gasteiger partial charge in [0.25, 0.3) is 0 Å². The highest BCUT2D eigenvalue weighted by Gasteiger charge is 2.40. The summed E-state index contributed by atoms with van der Waals surface area (Å²) in [6.07, 6.45) is 4.75. The maximum absolute atomic E-state index is 12.3. The molecule has 0 amide bonds. The Hall–Kier alpha value is -2.05. The second-order valence-corrected chi connectivity index (χ2v) is 18.1. The Labute approximate surface area is 248 Å². The van der Waals surface area contributed by atoms with Crippen LogP contribution in [0.4, 0.5) is 0 Å². The number of nitrogens with zero attached hydrogens (tertiary/aromatic N) is 4. The number of fused-ring (bicyclic) bond motifs is 1. The van der Waals surface area contributed by atoms with E-state index in [2.05, 4.69) is 59.8 Å². The number of imidazole rings is 1. The molecule has 0 aliphatic carbocycles. The van der Waals surface area contributed by atoms with Crippen molar-refractivity contribution in [3.63, 3.8) is 0 Å². The lowest BCUT2D eigenvalue weighted by Gasteiger charge is -2.36. The van der Waals surface area contributed by atoms with E-state index in [1.54, 1.807) is 12.4 Å². The second-order valence-electron chi connectivity index (χ2n) is 11.0. The van der Waals surface area contributed by atoms with Gasteiger partial charge in [-0.2, -0.15) is 0 Å². The van der Waals surface area contributed by atoms with Crippen molar-refractivity contribution in [3.05, 3.63) is 74.0 Å². The van der Waals surface area contributed by atoms with Gasteiger partial charge in [-0.3, -0.25) is 4.40 Å². The van der Waals surface area contributed by atoms with E-state index in [4.69, 9.17) is 20.8 Å². The molecule has 3 heterocycles. The van der Waals surface area contributed by atoms with E-state index in [0.29, 0.717) is 34.3 Å². The average Bonchev–Trinajstić information content (AvgIpc) is 3.42. The van der Waals surface area contributed by atoms with Gasteiger partial charge in [-0.1, -0.05) is 56.3 Å². The largest absolute Gasteiger partial charge is 0.477 e. The number of carboxylic acids is 1. The summed E-state index contributed by atoms with van der Waals surface area (Å²) in [4.78, 5) is 23.1. The molecule has 0 bridgehead atoms. The fourth-order valence-corrected chi connectivity index (χ4v) is 6.91. The van der Waals surface area contributed by atoms with Gasteiger partial charge in [-0.15, -0.1) is 0 Å². The monoisotopic (exact) mass is 652 g/mol. The van der Waals surface area contributed by atoms with Gasteiger partial charge in [0.15, 0.2) is 18.9 Å². The van der Waals surface area contributed by atoms with Crippen molar-refractivity contribution in [1.82, 2.24) is 19.3 Å². The third kappa shape index (κ3) is 6.17. The van der Waals surface area contributed by atoms with Gasteiger partial charge in [0.05, 0.1) is 24.7 Å². The fourth-order valence-electron chi connectivity index (χ4n) is 4.02. The Morgan fingerprint density at radius 3 is 2.62 bits per heavy atom. The maximum Gasteiger partial charge on any atom is 0.347 e. The van der Waals surface area contributed by atoms with Gasteiger partial charge in [-0.25, -0.2) is 14.8 Å². The number of halogens is 2. The van der Waals surface area contributed by atoms with Crippen LogP contribution >= 0.6 is 39.3 Å². The zero-order valence-corrected chi connectivity index (χ0v) is 27.3. The number of carbonyl (C=O) groups is 1. The highest BCUT2D eigenvalue weighted by Crippen LogP contribution is 2.49. The molecule has 3 aromatic rings. The number of rotatable bonds is 9. The van der Waals surface area contributed by atoms with E-state index >= 15 is 0 Å². The summed E-state index contributed by atoms with van der Waals surface area (Å²) in [7, 11) is -1.90. The Balaban J connectivity index is 1.56. The highest BCUT2D eigenvalue weighted by molar-refractivity contribution is 9.10. The molecule has 0 fully saturated rings. The number of carboxylic acid groups (broad SMARTS) is 1. The Bertz CT molecular complexity index is 1420. The maximum atomic E-state index is 12.3. The number of hydrogen-bond donors (Lipinski definition) is 1. The normalized spacial score (nSPS) is 17.3. The van der Waals surface area contributed by atoms with Crippen molar-refractivity contribution in [2.75, 3.05) is 6.54 Å². The van der Waals surface area contributed by atoms with E-state index < -0.39 is 20.4 Å². The minimum Gasteiger partial charge on any atom is -0.477 e. The molecule has 1 aliphatic heterocycles. The molecule has 210 valence electrons. The number of ether oxygens (including phenoxy) is 1. The molecule has 0 saturated carbocycles. The lowest BCUT2D eigenvalue weighted by atomic mass is 10.1. The molecule has 1 unspecified atom stereocenters. The highest BCUT2D eigenvalue weighted by atomic mass is 79.9. The molecule has 0 saturated heterocycles. The summed E-state index contributed by atoms with van der Waals surface area (Å²) < 4.78 is 15.3. The number of aromatic nitrogens is 3. The molecule has 8 nitrogen and oxygen atoms in total. The van der Waals surface area contributed by atoms with E-state index in [1.807, 2.05) is 47.5 Å². The van der Waals surface area contributed by atoms with Crippen LogP contribution < -0.4 is 0 Å². The predicted octanol–water partition coefficient (Wildman–Crippen LogP) is 7.77. The first kappa shape index (κ1) is 29.9. The van der Waals surface area contributed by atoms with Crippen LogP contribution in [-0.4, -0.2) is 45.2 Å². The summed E-state index contributed by atoms with van der Waals surface area (Å²) in [5, 5.41) is 10.4. The first-order chi connectivity index (χ1) is 18.2. The van der Waals surface area contributed by atoms with E-state index in [9.17, 15) is 9.90 Å². The van der Waals surface area contributed by atoms with Crippen LogP contribution in [0.3, 0.4) is 0 Å². The van der Waals surface area contributed by atoms with Gasteiger partial charge in [-0.05, 0) is 59.5 Å². The zero-order chi connectivity index (χ0) is 28.7. The van der Waals surface area contributed by atoms with Gasteiger partial charge >= 0.3 is 5.97 Å². The summed E-state index contributed by atoms with van der Waals surface area (Å²) in [6.45, 7) is 16.0. The third-order valence-electron chi connectivity index (χ3n) is 7.35. The lowest BCUT2D eigenvalue weighted by molar-refractivity contribution is -0.132. The quantitative estimate of drug-likeness (QED) is 0.234. The molecular weight excluding hydrogens is 620 g/mol. The average molecular weight is 654 g/mol. The minimum atomic E-state index is -1.90. The van der Waals surface area contributed by atoms with E-state index in [-0.39, 0.29) is 15.3 Å². The fraction of sp³-hybridized carbons (Fsp3) is 0.444. The summed E-state index contributed by atoms with van der Waals surface area (Å²) in [5.41, 5.74) is 3.27. The first-order valence-electron chi connectivity index (χ1n) is 12.7. The molecular formula is C27H34BrClN4O4SSi. The van der Waals surface area contributed by atoms with Gasteiger partial charge in [0, 0.05) is 23.3 Å². The molecule has 4 rings (SSSR count). The van der Waals surface area contributed by atoms with Crippen LogP contribution in [0.1, 0.15) is 62.9 Å². The van der Waals surface area contributed by atoms with Crippen LogP contribution in [0, 0.1) is 0 Å². The number of thioether (sulfide) groups is 1. The molecule has 1 aromatic carbocycles. The molecule has 39 heavy (non-hydrogen) atoms. The van der Waals surface area contributed by atoms with Crippen molar-refractivity contribution in [2.24, 2.45) is 0 Å². The minimum absolute atomic E-state index is 0.119. The topological polar surface area (TPSA) is 89.2 Å². The standard InChI is InChI=1S/C27H34BrClN4O4SSi/c1-8-32-24(23(26(34)35)38-25(32)20-12-31-22-13-30-21(28)14-33(20)22)37-16(2)18-10-9-17(11-19(18)29)15-36-39(6,7)27(3,4)5/h9-14,16,25H,8,15H2,1-7H3,(H,34,35)/t16-,25?/m1/s1. The third-order valence-corrected chi connectivity index (χ3v) is 13.9. The molecule has 1 aliphatic rings. The zero-order valence-electron chi connectivity index (χ0n) is 23.2. The lowest BCUT2D eigenvalue weighted by Crippen LogP contribution is -2.40. The van der Waals surface area contributed by atoms with E-state index in [0.717, 1.165) is 16.8 Å². The van der Waals surface area contributed by atoms with Gasteiger partial charge < -0.3 is 19.2 Å². The summed E-state index contributed by atoms with van der Waals surface area (Å²) in [6, 6.07) is 5.84.